The first-order valence-electron chi connectivity index (χ1n) is 9.23. The summed E-state index contributed by atoms with van der Waals surface area (Å²) in [5.41, 5.74) is 2.04. The fourth-order valence-corrected chi connectivity index (χ4v) is 4.84. The third-order valence-corrected chi connectivity index (χ3v) is 6.72. The van der Waals surface area contributed by atoms with Gasteiger partial charge in [-0.2, -0.15) is 0 Å². The van der Waals surface area contributed by atoms with E-state index in [0.717, 1.165) is 11.1 Å². The van der Waals surface area contributed by atoms with Gasteiger partial charge in [0.05, 0.1) is 28.7 Å². The number of aryl methyl sites for hydroxylation is 1. The second-order valence-corrected chi connectivity index (χ2v) is 8.65. The number of nitro benzene ring substituents is 1. The standard InChI is InChI=1S/C22H22N2O5S/c1-16-5-4-6-20(15-16)23(17(2)18-7-11-21(29-3)12-8-18)30(27,28)22-13-9-19(10-14-22)24(25)26/h4-15,17H,1-3H3/t17-/m1/s1. The Morgan fingerprint density at radius 1 is 1.00 bits per heavy atom. The van der Waals surface area contributed by atoms with E-state index in [0.29, 0.717) is 11.4 Å². The first-order valence-corrected chi connectivity index (χ1v) is 10.7. The lowest BCUT2D eigenvalue weighted by Gasteiger charge is -2.31. The Labute approximate surface area is 175 Å². The number of nitrogens with zero attached hydrogens (tertiary/aromatic N) is 2. The van der Waals surface area contributed by atoms with Gasteiger partial charge in [-0.25, -0.2) is 8.42 Å². The molecule has 8 heteroatoms. The molecule has 1 atom stereocenters. The Morgan fingerprint density at radius 3 is 2.17 bits per heavy atom. The highest BCUT2D eigenvalue weighted by atomic mass is 32.2. The van der Waals surface area contributed by atoms with Crippen molar-refractivity contribution in [2.45, 2.75) is 24.8 Å². The molecule has 0 fully saturated rings. The van der Waals surface area contributed by atoms with Gasteiger partial charge in [0.25, 0.3) is 15.7 Å². The van der Waals surface area contributed by atoms with Crippen LogP contribution in [0.4, 0.5) is 11.4 Å². The van der Waals surface area contributed by atoms with Gasteiger partial charge in [0.2, 0.25) is 0 Å². The normalized spacial score (nSPS) is 12.2. The molecular weight excluding hydrogens is 404 g/mol. The third kappa shape index (κ3) is 4.28. The molecular formula is C22H22N2O5S. The maximum atomic E-state index is 13.6. The highest BCUT2D eigenvalue weighted by molar-refractivity contribution is 7.92. The molecule has 0 aliphatic rings. The summed E-state index contributed by atoms with van der Waals surface area (Å²) in [5, 5.41) is 10.9. The molecule has 3 aromatic rings. The molecule has 0 aliphatic heterocycles. The van der Waals surface area contributed by atoms with Crippen molar-refractivity contribution in [3.05, 3.63) is 94.0 Å². The van der Waals surface area contributed by atoms with E-state index in [-0.39, 0.29) is 10.6 Å². The minimum Gasteiger partial charge on any atom is -0.497 e. The molecule has 156 valence electrons. The first kappa shape index (κ1) is 21.3. The van der Waals surface area contributed by atoms with E-state index in [9.17, 15) is 18.5 Å². The van der Waals surface area contributed by atoms with Crippen molar-refractivity contribution in [2.75, 3.05) is 11.4 Å². The predicted molar refractivity (Wildman–Crippen MR) is 115 cm³/mol. The summed E-state index contributed by atoms with van der Waals surface area (Å²) in [6, 6.07) is 18.8. The lowest BCUT2D eigenvalue weighted by Crippen LogP contribution is -2.33. The Bertz CT molecular complexity index is 1140. The van der Waals surface area contributed by atoms with Crippen LogP contribution in [0.1, 0.15) is 24.1 Å². The Morgan fingerprint density at radius 2 is 1.63 bits per heavy atom. The highest BCUT2D eigenvalue weighted by Gasteiger charge is 2.31. The smallest absolute Gasteiger partial charge is 0.269 e. The molecule has 0 saturated carbocycles. The fourth-order valence-electron chi connectivity index (χ4n) is 3.21. The molecule has 0 spiro atoms. The molecule has 0 aliphatic carbocycles. The molecule has 0 aromatic heterocycles. The monoisotopic (exact) mass is 426 g/mol. The average Bonchev–Trinajstić information content (AvgIpc) is 2.74. The van der Waals surface area contributed by atoms with Gasteiger partial charge in [-0.3, -0.25) is 14.4 Å². The summed E-state index contributed by atoms with van der Waals surface area (Å²) in [7, 11) is -2.43. The van der Waals surface area contributed by atoms with E-state index in [4.69, 9.17) is 4.74 Å². The zero-order chi connectivity index (χ0) is 21.9. The number of nitro groups is 1. The summed E-state index contributed by atoms with van der Waals surface area (Å²) >= 11 is 0. The van der Waals surface area contributed by atoms with E-state index >= 15 is 0 Å². The zero-order valence-corrected chi connectivity index (χ0v) is 17.7. The molecule has 0 amide bonds. The summed E-state index contributed by atoms with van der Waals surface area (Å²) < 4.78 is 33.7. The van der Waals surface area contributed by atoms with E-state index in [1.807, 2.05) is 25.1 Å². The van der Waals surface area contributed by atoms with Gasteiger partial charge in [0, 0.05) is 12.1 Å². The van der Waals surface area contributed by atoms with Crippen LogP contribution in [-0.4, -0.2) is 20.5 Å². The Balaban J connectivity index is 2.11. The van der Waals surface area contributed by atoms with Crippen molar-refractivity contribution in [1.29, 1.82) is 0 Å². The van der Waals surface area contributed by atoms with E-state index in [2.05, 4.69) is 0 Å². The van der Waals surface area contributed by atoms with Gasteiger partial charge in [-0.1, -0.05) is 24.3 Å². The van der Waals surface area contributed by atoms with Gasteiger partial charge in [0.15, 0.2) is 0 Å². The summed E-state index contributed by atoms with van der Waals surface area (Å²) in [5.74, 6) is 0.672. The molecule has 30 heavy (non-hydrogen) atoms. The molecule has 0 radical (unpaired) electrons. The number of rotatable bonds is 7. The van der Waals surface area contributed by atoms with Crippen LogP contribution in [-0.2, 0) is 10.0 Å². The summed E-state index contributed by atoms with van der Waals surface area (Å²) in [4.78, 5) is 10.4. The number of anilines is 1. The maximum absolute atomic E-state index is 13.6. The second kappa shape index (κ2) is 8.54. The number of hydrogen-bond donors (Lipinski definition) is 0. The van der Waals surface area contributed by atoms with E-state index in [1.165, 1.54) is 28.6 Å². The molecule has 0 bridgehead atoms. The Hall–Kier alpha value is -3.39. The number of sulfonamides is 1. The molecule has 0 N–H and O–H groups in total. The maximum Gasteiger partial charge on any atom is 0.269 e. The lowest BCUT2D eigenvalue weighted by molar-refractivity contribution is -0.384. The van der Waals surface area contributed by atoms with Crippen LogP contribution in [0.2, 0.25) is 0 Å². The number of ether oxygens (including phenoxy) is 1. The SMILES string of the molecule is COc1ccc([C@@H](C)N(c2cccc(C)c2)S(=O)(=O)c2ccc([N+](=O)[O-])cc2)cc1. The minimum atomic E-state index is -4.00. The zero-order valence-electron chi connectivity index (χ0n) is 16.8. The van der Waals surface area contributed by atoms with Crippen molar-refractivity contribution in [3.63, 3.8) is 0 Å². The van der Waals surface area contributed by atoms with Crippen molar-refractivity contribution >= 4 is 21.4 Å². The molecule has 0 unspecified atom stereocenters. The van der Waals surface area contributed by atoms with Crippen LogP contribution >= 0.6 is 0 Å². The van der Waals surface area contributed by atoms with Crippen LogP contribution in [0.3, 0.4) is 0 Å². The van der Waals surface area contributed by atoms with Gasteiger partial charge in [-0.15, -0.1) is 0 Å². The lowest BCUT2D eigenvalue weighted by atomic mass is 10.1. The quantitative estimate of drug-likeness (QED) is 0.397. The van der Waals surface area contributed by atoms with Crippen LogP contribution in [0.15, 0.2) is 77.7 Å². The first-order chi connectivity index (χ1) is 14.2. The van der Waals surface area contributed by atoms with Crippen molar-refractivity contribution in [3.8, 4) is 5.75 Å². The van der Waals surface area contributed by atoms with Crippen LogP contribution in [0, 0.1) is 17.0 Å². The predicted octanol–water partition coefficient (Wildman–Crippen LogP) is 4.87. The number of methoxy groups -OCH3 is 1. The largest absolute Gasteiger partial charge is 0.497 e. The minimum absolute atomic E-state index is 0.0185. The van der Waals surface area contributed by atoms with E-state index in [1.54, 1.807) is 44.4 Å². The number of hydrogen-bond acceptors (Lipinski definition) is 5. The molecule has 3 rings (SSSR count). The number of non-ortho nitro benzene ring substituents is 1. The van der Waals surface area contributed by atoms with Crippen LogP contribution < -0.4 is 9.04 Å². The van der Waals surface area contributed by atoms with Crippen molar-refractivity contribution < 1.29 is 18.1 Å². The molecule has 3 aromatic carbocycles. The second-order valence-electron chi connectivity index (χ2n) is 6.84. The third-order valence-electron chi connectivity index (χ3n) is 4.81. The topological polar surface area (TPSA) is 89.8 Å². The number of benzene rings is 3. The van der Waals surface area contributed by atoms with E-state index < -0.39 is 21.0 Å². The van der Waals surface area contributed by atoms with Crippen molar-refractivity contribution in [2.24, 2.45) is 0 Å². The molecule has 7 nitrogen and oxygen atoms in total. The highest BCUT2D eigenvalue weighted by Crippen LogP contribution is 2.34. The van der Waals surface area contributed by atoms with Gasteiger partial charge in [-0.05, 0) is 61.4 Å². The fraction of sp³-hybridized carbons (Fsp3) is 0.182. The summed E-state index contributed by atoms with van der Waals surface area (Å²) in [6.45, 7) is 3.69. The van der Waals surface area contributed by atoms with Gasteiger partial charge >= 0.3 is 0 Å². The van der Waals surface area contributed by atoms with Gasteiger partial charge < -0.3 is 4.74 Å². The molecule has 0 heterocycles. The Kier molecular flexibility index (Phi) is 6.07. The van der Waals surface area contributed by atoms with Crippen LogP contribution in [0.5, 0.6) is 5.75 Å². The van der Waals surface area contributed by atoms with Crippen LogP contribution in [0.25, 0.3) is 0 Å². The average molecular weight is 426 g/mol. The molecule has 0 saturated heterocycles. The van der Waals surface area contributed by atoms with Crippen molar-refractivity contribution in [1.82, 2.24) is 0 Å². The summed E-state index contributed by atoms with van der Waals surface area (Å²) in [6.07, 6.45) is 0. The van der Waals surface area contributed by atoms with Gasteiger partial charge in [0.1, 0.15) is 5.75 Å².